The molecule has 1 fully saturated rings. The summed E-state index contributed by atoms with van der Waals surface area (Å²) in [6, 6.07) is 4.48. The molecule has 1 heterocycles. The second-order valence-corrected chi connectivity index (χ2v) is 7.41. The maximum Gasteiger partial charge on any atom is 0.244 e. The smallest absolute Gasteiger partial charge is 0.207 e. The minimum Gasteiger partial charge on any atom is -0.207 e. The third kappa shape index (κ3) is 2.82. The molecule has 3 nitrogen and oxygen atoms in total. The van der Waals surface area contributed by atoms with E-state index in [9.17, 15) is 8.42 Å². The van der Waals surface area contributed by atoms with Crippen molar-refractivity contribution in [3.63, 3.8) is 0 Å². The van der Waals surface area contributed by atoms with Gasteiger partial charge < -0.3 is 0 Å². The summed E-state index contributed by atoms with van der Waals surface area (Å²) >= 11 is 11.8. The molecule has 0 radical (unpaired) electrons. The van der Waals surface area contributed by atoms with Crippen LogP contribution in [0.1, 0.15) is 19.8 Å². The highest BCUT2D eigenvalue weighted by Crippen LogP contribution is 2.29. The van der Waals surface area contributed by atoms with Crippen LogP contribution < -0.4 is 0 Å². The van der Waals surface area contributed by atoms with E-state index in [0.717, 1.165) is 12.8 Å². The highest BCUT2D eigenvalue weighted by atomic mass is 35.5. The van der Waals surface area contributed by atoms with Crippen LogP contribution in [0, 0.1) is 5.92 Å². The Kier molecular flexibility index (Phi) is 4.22. The van der Waals surface area contributed by atoms with E-state index in [2.05, 4.69) is 6.92 Å². The van der Waals surface area contributed by atoms with Gasteiger partial charge in [0.25, 0.3) is 0 Å². The van der Waals surface area contributed by atoms with E-state index in [1.165, 1.54) is 16.4 Å². The average Bonchev–Trinajstić information content (AvgIpc) is 2.29. The Morgan fingerprint density at radius 1 is 1.22 bits per heavy atom. The maximum absolute atomic E-state index is 12.4. The third-order valence-electron chi connectivity index (χ3n) is 3.25. The predicted octanol–water partition coefficient (Wildman–Crippen LogP) is 3.41. The molecule has 18 heavy (non-hydrogen) atoms. The lowest BCUT2D eigenvalue weighted by molar-refractivity contribution is 0.288. The van der Waals surface area contributed by atoms with Crippen molar-refractivity contribution in [1.82, 2.24) is 4.31 Å². The van der Waals surface area contributed by atoms with Crippen molar-refractivity contribution >= 4 is 33.2 Å². The highest BCUT2D eigenvalue weighted by Gasteiger charge is 2.29. The zero-order chi connectivity index (χ0) is 13.3. The SMILES string of the molecule is CC1CCN(S(=O)(=O)c2ccc(Cl)cc2Cl)CC1. The summed E-state index contributed by atoms with van der Waals surface area (Å²) < 4.78 is 26.4. The minimum absolute atomic E-state index is 0.142. The van der Waals surface area contributed by atoms with Crippen molar-refractivity contribution in [2.45, 2.75) is 24.7 Å². The number of sulfonamides is 1. The standard InChI is InChI=1S/C12H15Cl2NO2S/c1-9-4-6-15(7-5-9)18(16,17)12-3-2-10(13)8-11(12)14/h2-3,8-9H,4-7H2,1H3. The number of hydrogen-bond acceptors (Lipinski definition) is 2. The summed E-state index contributed by atoms with van der Waals surface area (Å²) in [6.45, 7) is 3.25. The lowest BCUT2D eigenvalue weighted by atomic mass is 10.0. The fourth-order valence-electron chi connectivity index (χ4n) is 2.05. The summed E-state index contributed by atoms with van der Waals surface area (Å²) in [5, 5.41) is 0.618. The largest absolute Gasteiger partial charge is 0.244 e. The molecule has 1 aromatic rings. The van der Waals surface area contributed by atoms with Gasteiger partial charge >= 0.3 is 0 Å². The summed E-state index contributed by atoms with van der Waals surface area (Å²) in [6.07, 6.45) is 1.79. The molecule has 0 aromatic heterocycles. The summed E-state index contributed by atoms with van der Waals surface area (Å²) in [5.74, 6) is 0.581. The first-order valence-electron chi connectivity index (χ1n) is 5.86. The van der Waals surface area contributed by atoms with Crippen molar-refractivity contribution < 1.29 is 8.42 Å². The normalized spacial score (nSPS) is 19.1. The molecule has 0 aliphatic carbocycles. The monoisotopic (exact) mass is 307 g/mol. The molecule has 0 atom stereocenters. The number of rotatable bonds is 2. The van der Waals surface area contributed by atoms with Gasteiger partial charge in [-0.3, -0.25) is 0 Å². The molecule has 1 aromatic carbocycles. The lowest BCUT2D eigenvalue weighted by Crippen LogP contribution is -2.37. The zero-order valence-electron chi connectivity index (χ0n) is 10.1. The van der Waals surface area contributed by atoms with Crippen molar-refractivity contribution in [1.29, 1.82) is 0 Å². The zero-order valence-corrected chi connectivity index (χ0v) is 12.4. The first-order valence-corrected chi connectivity index (χ1v) is 8.06. The van der Waals surface area contributed by atoms with E-state index in [0.29, 0.717) is 24.0 Å². The Bertz CT molecular complexity index is 537. The van der Waals surface area contributed by atoms with Crippen LogP contribution in [-0.2, 0) is 10.0 Å². The number of benzene rings is 1. The van der Waals surface area contributed by atoms with Crippen LogP contribution in [0.2, 0.25) is 10.0 Å². The van der Waals surface area contributed by atoms with Crippen LogP contribution >= 0.6 is 23.2 Å². The Labute approximate surface area is 118 Å². The molecule has 0 saturated carbocycles. The molecule has 2 rings (SSSR count). The highest BCUT2D eigenvalue weighted by molar-refractivity contribution is 7.89. The Morgan fingerprint density at radius 2 is 1.83 bits per heavy atom. The second-order valence-electron chi connectivity index (χ2n) is 4.66. The number of piperidine rings is 1. The van der Waals surface area contributed by atoms with E-state index in [4.69, 9.17) is 23.2 Å². The van der Waals surface area contributed by atoms with Crippen molar-refractivity contribution in [3.05, 3.63) is 28.2 Å². The van der Waals surface area contributed by atoms with Gasteiger partial charge in [-0.1, -0.05) is 30.1 Å². The van der Waals surface area contributed by atoms with Crippen LogP contribution in [0.5, 0.6) is 0 Å². The van der Waals surface area contributed by atoms with Gasteiger partial charge in [-0.25, -0.2) is 8.42 Å². The Hall–Kier alpha value is -0.290. The van der Waals surface area contributed by atoms with Crippen molar-refractivity contribution in [2.75, 3.05) is 13.1 Å². The number of hydrogen-bond donors (Lipinski definition) is 0. The second kappa shape index (κ2) is 5.37. The fourth-order valence-corrected chi connectivity index (χ4v) is 4.26. The summed E-state index contributed by atoms with van der Waals surface area (Å²) in [4.78, 5) is 0.142. The Morgan fingerprint density at radius 3 is 2.39 bits per heavy atom. The van der Waals surface area contributed by atoms with Gasteiger partial charge in [0, 0.05) is 18.1 Å². The molecule has 100 valence electrons. The molecule has 0 bridgehead atoms. The number of halogens is 2. The van der Waals surface area contributed by atoms with Crippen LogP contribution in [0.3, 0.4) is 0 Å². The van der Waals surface area contributed by atoms with Crippen molar-refractivity contribution in [3.8, 4) is 0 Å². The quantitative estimate of drug-likeness (QED) is 0.839. The van der Waals surface area contributed by atoms with Crippen LogP contribution in [-0.4, -0.2) is 25.8 Å². The predicted molar refractivity (Wildman–Crippen MR) is 73.6 cm³/mol. The van der Waals surface area contributed by atoms with E-state index in [1.807, 2.05) is 0 Å². The molecule has 0 unspecified atom stereocenters. The van der Waals surface area contributed by atoms with E-state index in [1.54, 1.807) is 6.07 Å². The molecule has 1 aliphatic heterocycles. The van der Waals surface area contributed by atoms with Gasteiger partial charge in [0.2, 0.25) is 10.0 Å². The van der Waals surface area contributed by atoms with Gasteiger partial charge in [-0.15, -0.1) is 0 Å². The fraction of sp³-hybridized carbons (Fsp3) is 0.500. The lowest BCUT2D eigenvalue weighted by Gasteiger charge is -2.29. The van der Waals surface area contributed by atoms with Crippen LogP contribution in [0.4, 0.5) is 0 Å². The maximum atomic E-state index is 12.4. The molecular weight excluding hydrogens is 293 g/mol. The van der Waals surface area contributed by atoms with Crippen molar-refractivity contribution in [2.24, 2.45) is 5.92 Å². The van der Waals surface area contributed by atoms with Gasteiger partial charge in [0.15, 0.2) is 0 Å². The van der Waals surface area contributed by atoms with E-state index < -0.39 is 10.0 Å². The van der Waals surface area contributed by atoms with Gasteiger partial charge in [-0.05, 0) is 37.0 Å². The first kappa shape index (κ1) is 14.1. The van der Waals surface area contributed by atoms with Crippen LogP contribution in [0.25, 0.3) is 0 Å². The molecule has 1 saturated heterocycles. The molecule has 6 heteroatoms. The topological polar surface area (TPSA) is 37.4 Å². The first-order chi connectivity index (χ1) is 8.41. The summed E-state index contributed by atoms with van der Waals surface area (Å²) in [7, 11) is -3.49. The summed E-state index contributed by atoms with van der Waals surface area (Å²) in [5.41, 5.74) is 0. The average molecular weight is 308 g/mol. The molecule has 0 amide bonds. The Balaban J connectivity index is 2.30. The van der Waals surface area contributed by atoms with E-state index >= 15 is 0 Å². The van der Waals surface area contributed by atoms with E-state index in [-0.39, 0.29) is 9.92 Å². The molecule has 0 spiro atoms. The molecule has 0 N–H and O–H groups in total. The van der Waals surface area contributed by atoms with Gasteiger partial charge in [0.05, 0.1) is 5.02 Å². The third-order valence-corrected chi connectivity index (χ3v) is 5.87. The molecular formula is C12H15Cl2NO2S. The number of nitrogens with zero attached hydrogens (tertiary/aromatic N) is 1. The molecule has 1 aliphatic rings. The van der Waals surface area contributed by atoms with Crippen LogP contribution in [0.15, 0.2) is 23.1 Å². The van der Waals surface area contributed by atoms with Gasteiger partial charge in [0.1, 0.15) is 4.90 Å². The van der Waals surface area contributed by atoms with Gasteiger partial charge in [-0.2, -0.15) is 4.31 Å². The minimum atomic E-state index is -3.49.